The number of hydrogen-bond acceptors (Lipinski definition) is 7. The van der Waals surface area contributed by atoms with E-state index in [9.17, 15) is 15.2 Å². The van der Waals surface area contributed by atoms with Crippen LogP contribution < -0.4 is 4.74 Å². The fourth-order valence-corrected chi connectivity index (χ4v) is 6.32. The van der Waals surface area contributed by atoms with Crippen LogP contribution in [0.25, 0.3) is 21.8 Å². The molecule has 4 heterocycles. The molecule has 0 amide bonds. The summed E-state index contributed by atoms with van der Waals surface area (Å²) < 4.78 is 14.0. The van der Waals surface area contributed by atoms with E-state index in [0.29, 0.717) is 37.1 Å². The molecule has 9 heteroatoms. The number of ether oxygens (including phenoxy) is 2. The van der Waals surface area contributed by atoms with Crippen molar-refractivity contribution in [3.8, 4) is 11.9 Å². The average Bonchev–Trinajstić information content (AvgIpc) is 3.37. The van der Waals surface area contributed by atoms with Crippen molar-refractivity contribution in [3.63, 3.8) is 0 Å². The largest absolute Gasteiger partial charge is 0.478 e. The van der Waals surface area contributed by atoms with Gasteiger partial charge < -0.3 is 19.1 Å². The number of benzene rings is 3. The zero-order valence-electron chi connectivity index (χ0n) is 24.4. The molecule has 9 nitrogen and oxygen atoms in total. The van der Waals surface area contributed by atoms with E-state index in [0.717, 1.165) is 77.8 Å². The minimum absolute atomic E-state index is 0.140. The second kappa shape index (κ2) is 12.1. The quantitative estimate of drug-likeness (QED) is 0.227. The summed E-state index contributed by atoms with van der Waals surface area (Å²) in [6, 6.07) is 25.1. The van der Waals surface area contributed by atoms with Crippen molar-refractivity contribution in [1.29, 1.82) is 5.26 Å². The molecule has 2 saturated heterocycles. The van der Waals surface area contributed by atoms with Crippen molar-refractivity contribution in [2.75, 3.05) is 19.7 Å². The number of rotatable bonds is 9. The number of fused-ring (bicyclic) bond motifs is 2. The zero-order valence-corrected chi connectivity index (χ0v) is 24.4. The van der Waals surface area contributed by atoms with E-state index in [1.165, 1.54) is 0 Å². The lowest BCUT2D eigenvalue weighted by atomic mass is 9.93. The molecule has 0 saturated carbocycles. The minimum atomic E-state index is -0.936. The Morgan fingerprint density at radius 1 is 1.00 bits per heavy atom. The second-order valence-corrected chi connectivity index (χ2v) is 11.6. The molecule has 0 aliphatic carbocycles. The molecule has 2 aliphatic rings. The van der Waals surface area contributed by atoms with Gasteiger partial charge in [-0.2, -0.15) is 5.26 Å². The number of imidazole rings is 1. The van der Waals surface area contributed by atoms with Crippen LogP contribution in [0.2, 0.25) is 0 Å². The summed E-state index contributed by atoms with van der Waals surface area (Å²) >= 11 is 0. The van der Waals surface area contributed by atoms with Gasteiger partial charge in [-0.05, 0) is 79.0 Å². The number of carboxylic acid groups (broad SMARTS) is 1. The fourth-order valence-electron chi connectivity index (χ4n) is 6.32. The Morgan fingerprint density at radius 3 is 2.57 bits per heavy atom. The molecule has 7 rings (SSSR count). The number of carboxylic acids is 1. The van der Waals surface area contributed by atoms with E-state index in [4.69, 9.17) is 19.4 Å². The Hall–Kier alpha value is -4.78. The van der Waals surface area contributed by atoms with Gasteiger partial charge in [-0.3, -0.25) is 4.90 Å². The highest BCUT2D eigenvalue weighted by atomic mass is 16.5. The van der Waals surface area contributed by atoms with Crippen LogP contribution >= 0.6 is 0 Å². The van der Waals surface area contributed by atoms with Gasteiger partial charge in [-0.15, -0.1) is 0 Å². The molecule has 1 unspecified atom stereocenters. The highest BCUT2D eigenvalue weighted by molar-refractivity contribution is 5.92. The molecule has 3 aromatic carbocycles. The smallest absolute Gasteiger partial charge is 0.335 e. The predicted octanol–water partition coefficient (Wildman–Crippen LogP) is 5.90. The van der Waals surface area contributed by atoms with Crippen LogP contribution in [-0.4, -0.2) is 56.3 Å². The lowest BCUT2D eigenvalue weighted by molar-refractivity contribution is -0.0592. The first-order valence-electron chi connectivity index (χ1n) is 15.1. The molecule has 1 N–H and O–H groups in total. The van der Waals surface area contributed by atoms with Crippen molar-refractivity contribution >= 4 is 27.8 Å². The van der Waals surface area contributed by atoms with Gasteiger partial charge in [0.05, 0.1) is 47.4 Å². The Kier molecular flexibility index (Phi) is 7.69. The van der Waals surface area contributed by atoms with Crippen LogP contribution in [0.1, 0.15) is 58.2 Å². The number of hydrogen-bond donors (Lipinski definition) is 1. The molecule has 5 aromatic rings. The topological polar surface area (TPSA) is 114 Å². The number of aromatic carboxylic acids is 1. The van der Waals surface area contributed by atoms with Gasteiger partial charge in [0.2, 0.25) is 5.88 Å². The molecule has 2 aromatic heterocycles. The predicted molar refractivity (Wildman–Crippen MR) is 166 cm³/mol. The van der Waals surface area contributed by atoms with E-state index >= 15 is 0 Å². The van der Waals surface area contributed by atoms with E-state index in [1.807, 2.05) is 48.5 Å². The molecule has 1 atom stereocenters. The molecule has 44 heavy (non-hydrogen) atoms. The van der Waals surface area contributed by atoms with E-state index < -0.39 is 5.97 Å². The number of piperidine rings is 1. The van der Waals surface area contributed by atoms with Crippen LogP contribution in [0.4, 0.5) is 0 Å². The number of likely N-dealkylation sites (tertiary alicyclic amines) is 1. The summed E-state index contributed by atoms with van der Waals surface area (Å²) in [5, 5.41) is 21.0. The lowest BCUT2D eigenvalue weighted by Crippen LogP contribution is -2.35. The lowest BCUT2D eigenvalue weighted by Gasteiger charge is -2.32. The standard InChI is InChI=1S/C35H33N5O4/c36-19-25-8-9-26(29-5-2-1-4-28(25)29)22-44-34-7-3-6-30(38-34)23-12-15-39(16-13-23)21-33-37-31-11-10-24(35(41)42)18-32(31)40(33)20-27-14-17-43-27/h1-11,18,23,27H,12-17,20-22H2,(H,41,42). The number of nitriles is 1. The summed E-state index contributed by atoms with van der Waals surface area (Å²) in [5.74, 6) is 0.950. The summed E-state index contributed by atoms with van der Waals surface area (Å²) in [5.41, 5.74) is 4.66. The van der Waals surface area contributed by atoms with Crippen molar-refractivity contribution in [2.24, 2.45) is 0 Å². The molecule has 222 valence electrons. The van der Waals surface area contributed by atoms with Gasteiger partial charge in [0.15, 0.2) is 0 Å². The first-order chi connectivity index (χ1) is 21.6. The molecular formula is C35H33N5O4. The third kappa shape index (κ3) is 5.62. The van der Waals surface area contributed by atoms with Gasteiger partial charge in [0, 0.05) is 24.3 Å². The Morgan fingerprint density at radius 2 is 1.82 bits per heavy atom. The summed E-state index contributed by atoms with van der Waals surface area (Å²) in [6.07, 6.45) is 3.10. The maximum absolute atomic E-state index is 11.6. The van der Waals surface area contributed by atoms with E-state index in [-0.39, 0.29) is 11.7 Å². The number of aromatic nitrogens is 3. The Labute approximate surface area is 255 Å². The van der Waals surface area contributed by atoms with Crippen molar-refractivity contribution in [3.05, 3.63) is 101 Å². The van der Waals surface area contributed by atoms with Gasteiger partial charge in [-0.25, -0.2) is 14.8 Å². The maximum Gasteiger partial charge on any atom is 0.335 e. The molecule has 2 fully saturated rings. The normalized spacial score (nSPS) is 17.4. The Balaban J connectivity index is 1.01. The van der Waals surface area contributed by atoms with Crippen LogP contribution in [0.5, 0.6) is 5.88 Å². The summed E-state index contributed by atoms with van der Waals surface area (Å²) in [6.45, 7) is 4.36. The van der Waals surface area contributed by atoms with Crippen molar-refractivity contribution in [2.45, 2.75) is 51.0 Å². The van der Waals surface area contributed by atoms with Crippen LogP contribution in [0.3, 0.4) is 0 Å². The number of nitrogens with zero attached hydrogens (tertiary/aromatic N) is 5. The van der Waals surface area contributed by atoms with Gasteiger partial charge in [0.1, 0.15) is 12.4 Å². The number of carbonyl (C=O) groups is 1. The van der Waals surface area contributed by atoms with Gasteiger partial charge in [-0.1, -0.05) is 36.4 Å². The van der Waals surface area contributed by atoms with Crippen LogP contribution in [0, 0.1) is 11.3 Å². The highest BCUT2D eigenvalue weighted by Crippen LogP contribution is 2.30. The van der Waals surface area contributed by atoms with Crippen LogP contribution in [0.15, 0.2) is 72.8 Å². The maximum atomic E-state index is 11.6. The zero-order chi connectivity index (χ0) is 30.0. The monoisotopic (exact) mass is 587 g/mol. The molecule has 0 bridgehead atoms. The molecule has 0 radical (unpaired) electrons. The minimum Gasteiger partial charge on any atom is -0.478 e. The molecule has 2 aliphatic heterocycles. The van der Waals surface area contributed by atoms with Gasteiger partial charge in [0.25, 0.3) is 0 Å². The second-order valence-electron chi connectivity index (χ2n) is 11.6. The number of pyridine rings is 1. The third-order valence-corrected chi connectivity index (χ3v) is 8.88. The molecular weight excluding hydrogens is 554 g/mol. The summed E-state index contributed by atoms with van der Waals surface area (Å²) in [7, 11) is 0. The molecule has 0 spiro atoms. The first-order valence-corrected chi connectivity index (χ1v) is 15.1. The Bertz CT molecular complexity index is 1880. The van der Waals surface area contributed by atoms with Crippen molar-refractivity contribution < 1.29 is 19.4 Å². The van der Waals surface area contributed by atoms with Crippen molar-refractivity contribution in [1.82, 2.24) is 19.4 Å². The van der Waals surface area contributed by atoms with Gasteiger partial charge >= 0.3 is 5.97 Å². The average molecular weight is 588 g/mol. The summed E-state index contributed by atoms with van der Waals surface area (Å²) in [4.78, 5) is 23.8. The highest BCUT2D eigenvalue weighted by Gasteiger charge is 2.26. The fraction of sp³-hybridized carbons (Fsp3) is 0.314. The first kappa shape index (κ1) is 28.0. The van der Waals surface area contributed by atoms with Crippen LogP contribution in [-0.2, 0) is 24.4 Å². The third-order valence-electron chi connectivity index (χ3n) is 8.88. The van der Waals surface area contributed by atoms with E-state index in [2.05, 4.69) is 21.6 Å². The van der Waals surface area contributed by atoms with E-state index in [1.54, 1.807) is 18.2 Å². The SMILES string of the molecule is N#Cc1ccc(COc2cccc(C3CCN(Cc4nc5ccc(C(=O)O)cc5n4CC4CCO4)CC3)n2)c2ccccc12.